The summed E-state index contributed by atoms with van der Waals surface area (Å²) in [6.07, 6.45) is 3.03. The average molecular weight is 379 g/mol. The zero-order valence-corrected chi connectivity index (χ0v) is 15.5. The largest absolute Gasteiger partial charge is 0.376 e. The van der Waals surface area contributed by atoms with Gasteiger partial charge in [0.2, 0.25) is 11.7 Å². The van der Waals surface area contributed by atoms with Crippen LogP contribution in [0.3, 0.4) is 0 Å². The number of piperidine rings is 1. The maximum atomic E-state index is 12.4. The molecule has 1 fully saturated rings. The quantitative estimate of drug-likeness (QED) is 0.832. The molecular formula is C18H23ClN4O3. The second kappa shape index (κ2) is 9.00. The Morgan fingerprint density at radius 3 is 3.12 bits per heavy atom. The Hall–Kier alpha value is -2.12. The number of amides is 2. The molecule has 1 saturated heterocycles. The number of ether oxygens (including phenoxy) is 1. The SMILES string of the molecule is CCCO[C@@H]1CCCN(C(=O)NCc2nc(-c3ccccc3Cl)no2)C1. The molecule has 0 bridgehead atoms. The summed E-state index contributed by atoms with van der Waals surface area (Å²) in [6.45, 7) is 4.32. The van der Waals surface area contributed by atoms with Gasteiger partial charge in [-0.05, 0) is 31.4 Å². The van der Waals surface area contributed by atoms with E-state index in [2.05, 4.69) is 22.4 Å². The summed E-state index contributed by atoms with van der Waals surface area (Å²) in [5.41, 5.74) is 0.697. The van der Waals surface area contributed by atoms with Gasteiger partial charge in [-0.1, -0.05) is 35.8 Å². The molecule has 0 unspecified atom stereocenters. The van der Waals surface area contributed by atoms with E-state index in [-0.39, 0.29) is 18.7 Å². The van der Waals surface area contributed by atoms with Crippen LogP contribution in [-0.4, -0.2) is 46.9 Å². The number of likely N-dealkylation sites (tertiary alicyclic amines) is 1. The molecule has 2 amide bonds. The van der Waals surface area contributed by atoms with Crippen molar-refractivity contribution in [3.05, 3.63) is 35.2 Å². The topological polar surface area (TPSA) is 80.5 Å². The van der Waals surface area contributed by atoms with E-state index in [4.69, 9.17) is 20.9 Å². The predicted octanol–water partition coefficient (Wildman–Crippen LogP) is 3.49. The Morgan fingerprint density at radius 2 is 2.31 bits per heavy atom. The van der Waals surface area contributed by atoms with Gasteiger partial charge in [-0.15, -0.1) is 0 Å². The molecule has 0 spiro atoms. The Kier molecular flexibility index (Phi) is 6.46. The molecule has 2 aromatic rings. The summed E-state index contributed by atoms with van der Waals surface area (Å²) in [4.78, 5) is 18.4. The molecule has 2 heterocycles. The lowest BCUT2D eigenvalue weighted by atomic mass is 10.1. The molecule has 1 atom stereocenters. The minimum absolute atomic E-state index is 0.115. The van der Waals surface area contributed by atoms with Crippen molar-refractivity contribution in [1.29, 1.82) is 0 Å². The summed E-state index contributed by atoms with van der Waals surface area (Å²) in [5.74, 6) is 0.745. The monoisotopic (exact) mass is 378 g/mol. The first-order valence-corrected chi connectivity index (χ1v) is 9.27. The second-order valence-electron chi connectivity index (χ2n) is 6.23. The highest BCUT2D eigenvalue weighted by atomic mass is 35.5. The molecule has 1 aliphatic rings. The number of hydrogen-bond donors (Lipinski definition) is 1. The van der Waals surface area contributed by atoms with Crippen molar-refractivity contribution < 1.29 is 14.1 Å². The fourth-order valence-corrected chi connectivity index (χ4v) is 3.11. The van der Waals surface area contributed by atoms with E-state index in [9.17, 15) is 4.79 Å². The molecule has 1 aromatic carbocycles. The maximum absolute atomic E-state index is 12.4. The van der Waals surface area contributed by atoms with Gasteiger partial charge in [0, 0.05) is 25.3 Å². The first-order valence-electron chi connectivity index (χ1n) is 8.89. The van der Waals surface area contributed by atoms with Crippen molar-refractivity contribution in [3.8, 4) is 11.4 Å². The number of carbonyl (C=O) groups is 1. The molecule has 1 aliphatic heterocycles. The molecule has 3 rings (SSSR count). The smallest absolute Gasteiger partial charge is 0.317 e. The average Bonchev–Trinajstić information content (AvgIpc) is 3.14. The van der Waals surface area contributed by atoms with E-state index in [1.807, 2.05) is 18.2 Å². The third kappa shape index (κ3) is 4.74. The zero-order chi connectivity index (χ0) is 18.4. The molecule has 26 heavy (non-hydrogen) atoms. The number of rotatable bonds is 6. The van der Waals surface area contributed by atoms with Gasteiger partial charge in [0.25, 0.3) is 0 Å². The Balaban J connectivity index is 1.53. The highest BCUT2D eigenvalue weighted by molar-refractivity contribution is 6.33. The number of aromatic nitrogens is 2. The van der Waals surface area contributed by atoms with Crippen molar-refractivity contribution in [3.63, 3.8) is 0 Å². The molecule has 1 aromatic heterocycles. The van der Waals surface area contributed by atoms with E-state index in [0.29, 0.717) is 28.8 Å². The standard InChI is InChI=1S/C18H23ClN4O3/c1-2-10-25-13-6-5-9-23(12-13)18(24)20-11-16-21-17(22-26-16)14-7-3-4-8-15(14)19/h3-4,7-8,13H,2,5-6,9-12H2,1H3,(H,20,24)/t13-/m1/s1. The van der Waals surface area contributed by atoms with Crippen LogP contribution in [0.15, 0.2) is 28.8 Å². The summed E-state index contributed by atoms with van der Waals surface area (Å²) in [7, 11) is 0. The van der Waals surface area contributed by atoms with Gasteiger partial charge in [0.05, 0.1) is 17.7 Å². The van der Waals surface area contributed by atoms with Crippen molar-refractivity contribution in [2.24, 2.45) is 0 Å². The third-order valence-corrected chi connectivity index (χ3v) is 4.53. The van der Waals surface area contributed by atoms with Crippen molar-refractivity contribution >= 4 is 17.6 Å². The van der Waals surface area contributed by atoms with Crippen molar-refractivity contribution in [2.45, 2.75) is 38.8 Å². The highest BCUT2D eigenvalue weighted by Crippen LogP contribution is 2.24. The number of nitrogens with one attached hydrogen (secondary N) is 1. The van der Waals surface area contributed by atoms with Crippen LogP contribution in [0.4, 0.5) is 4.79 Å². The van der Waals surface area contributed by atoms with E-state index in [1.165, 1.54) is 0 Å². The molecule has 140 valence electrons. The Bertz CT molecular complexity index is 737. The van der Waals surface area contributed by atoms with Crippen LogP contribution in [-0.2, 0) is 11.3 Å². The number of urea groups is 1. The summed E-state index contributed by atoms with van der Waals surface area (Å²) in [6, 6.07) is 7.13. The predicted molar refractivity (Wildman–Crippen MR) is 97.8 cm³/mol. The van der Waals surface area contributed by atoms with Crippen LogP contribution in [0.2, 0.25) is 5.02 Å². The molecular weight excluding hydrogens is 356 g/mol. The number of halogens is 1. The van der Waals surface area contributed by atoms with Gasteiger partial charge in [-0.3, -0.25) is 0 Å². The summed E-state index contributed by atoms with van der Waals surface area (Å²) in [5, 5.41) is 7.31. The van der Waals surface area contributed by atoms with Crippen molar-refractivity contribution in [2.75, 3.05) is 19.7 Å². The fraction of sp³-hybridized carbons (Fsp3) is 0.500. The van der Waals surface area contributed by atoms with E-state index < -0.39 is 0 Å². The van der Waals surface area contributed by atoms with E-state index in [1.54, 1.807) is 11.0 Å². The van der Waals surface area contributed by atoms with E-state index >= 15 is 0 Å². The minimum Gasteiger partial charge on any atom is -0.376 e. The van der Waals surface area contributed by atoms with Crippen LogP contribution >= 0.6 is 11.6 Å². The van der Waals surface area contributed by atoms with Crippen LogP contribution in [0, 0.1) is 0 Å². The zero-order valence-electron chi connectivity index (χ0n) is 14.8. The summed E-state index contributed by atoms with van der Waals surface area (Å²) < 4.78 is 11.0. The van der Waals surface area contributed by atoms with Gasteiger partial charge < -0.3 is 19.5 Å². The minimum atomic E-state index is -0.146. The lowest BCUT2D eigenvalue weighted by Gasteiger charge is -2.32. The molecule has 0 aliphatic carbocycles. The van der Waals surface area contributed by atoms with Crippen LogP contribution < -0.4 is 5.32 Å². The summed E-state index contributed by atoms with van der Waals surface area (Å²) >= 11 is 6.14. The van der Waals surface area contributed by atoms with Crippen LogP contribution in [0.25, 0.3) is 11.4 Å². The number of hydrogen-bond acceptors (Lipinski definition) is 5. The third-order valence-electron chi connectivity index (χ3n) is 4.20. The fourth-order valence-electron chi connectivity index (χ4n) is 2.88. The maximum Gasteiger partial charge on any atom is 0.317 e. The Labute approximate surface area is 157 Å². The normalized spacial score (nSPS) is 17.3. The lowest BCUT2D eigenvalue weighted by molar-refractivity contribution is 0.00995. The Morgan fingerprint density at radius 1 is 1.46 bits per heavy atom. The van der Waals surface area contributed by atoms with Gasteiger partial charge in [-0.25, -0.2) is 4.79 Å². The molecule has 1 N–H and O–H groups in total. The van der Waals surface area contributed by atoms with Gasteiger partial charge in [-0.2, -0.15) is 4.98 Å². The van der Waals surface area contributed by atoms with Gasteiger partial charge in [0.15, 0.2) is 0 Å². The van der Waals surface area contributed by atoms with Gasteiger partial charge >= 0.3 is 6.03 Å². The number of benzene rings is 1. The number of nitrogens with zero attached hydrogens (tertiary/aromatic N) is 3. The van der Waals surface area contributed by atoms with Crippen molar-refractivity contribution in [1.82, 2.24) is 20.4 Å². The first kappa shape index (κ1) is 18.7. The molecule has 8 heteroatoms. The molecule has 7 nitrogen and oxygen atoms in total. The van der Waals surface area contributed by atoms with Crippen LogP contribution in [0.5, 0.6) is 0 Å². The van der Waals surface area contributed by atoms with Crippen LogP contribution in [0.1, 0.15) is 32.1 Å². The first-order chi connectivity index (χ1) is 12.7. The second-order valence-corrected chi connectivity index (χ2v) is 6.64. The van der Waals surface area contributed by atoms with Gasteiger partial charge in [0.1, 0.15) is 0 Å². The molecule has 0 radical (unpaired) electrons. The number of carbonyl (C=O) groups excluding carboxylic acids is 1. The molecule has 0 saturated carbocycles. The van der Waals surface area contributed by atoms with E-state index in [0.717, 1.165) is 32.4 Å². The lowest BCUT2D eigenvalue weighted by Crippen LogP contribution is -2.47. The highest BCUT2D eigenvalue weighted by Gasteiger charge is 2.24.